The molecule has 0 spiro atoms. The number of hydrogen-bond acceptors (Lipinski definition) is 4. The van der Waals surface area contributed by atoms with Gasteiger partial charge in [-0.05, 0) is 24.6 Å². The number of rotatable bonds is 5. The van der Waals surface area contributed by atoms with Crippen LogP contribution in [0.25, 0.3) is 0 Å². The molecule has 0 saturated carbocycles. The molecule has 2 N–H and O–H groups in total. The average molecular weight is 250 g/mol. The van der Waals surface area contributed by atoms with E-state index >= 15 is 0 Å². The predicted octanol–water partition coefficient (Wildman–Crippen LogP) is 1.03. The Hall–Kier alpha value is -1.10. The van der Waals surface area contributed by atoms with Crippen LogP contribution in [0.1, 0.15) is 5.56 Å². The lowest BCUT2D eigenvalue weighted by Crippen LogP contribution is -2.49. The highest BCUT2D eigenvalue weighted by Gasteiger charge is 2.20. The van der Waals surface area contributed by atoms with Gasteiger partial charge in [-0.1, -0.05) is 12.1 Å². The fraction of sp³-hybridized carbons (Fsp3) is 0.571. The molecule has 0 amide bonds. The molecule has 100 valence electrons. The average Bonchev–Trinajstić information content (AvgIpc) is 2.41. The summed E-state index contributed by atoms with van der Waals surface area (Å²) >= 11 is 0. The molecule has 18 heavy (non-hydrogen) atoms. The summed E-state index contributed by atoms with van der Waals surface area (Å²) in [7, 11) is 0. The van der Waals surface area contributed by atoms with E-state index in [1.54, 1.807) is 0 Å². The molecule has 2 rings (SSSR count). The van der Waals surface area contributed by atoms with Crippen molar-refractivity contribution in [3.05, 3.63) is 29.8 Å². The van der Waals surface area contributed by atoms with Crippen LogP contribution in [0.3, 0.4) is 0 Å². The van der Waals surface area contributed by atoms with E-state index < -0.39 is 0 Å². The minimum atomic E-state index is 0.273. The molecule has 0 aliphatic carbocycles. The van der Waals surface area contributed by atoms with Gasteiger partial charge in [0, 0.05) is 19.6 Å². The summed E-state index contributed by atoms with van der Waals surface area (Å²) in [6.07, 6.45) is 0. The first-order valence-corrected chi connectivity index (χ1v) is 6.51. The maximum atomic E-state index is 5.84. The van der Waals surface area contributed by atoms with Gasteiger partial charge in [0.05, 0.1) is 19.3 Å². The Balaban J connectivity index is 1.86. The van der Waals surface area contributed by atoms with Crippen molar-refractivity contribution in [3.63, 3.8) is 0 Å². The van der Waals surface area contributed by atoms with E-state index in [0.717, 1.165) is 32.1 Å². The van der Waals surface area contributed by atoms with Crippen LogP contribution in [0, 0.1) is 6.92 Å². The van der Waals surface area contributed by atoms with Gasteiger partial charge in [-0.25, -0.2) is 0 Å². The Morgan fingerprint density at radius 1 is 1.39 bits per heavy atom. The summed E-state index contributed by atoms with van der Waals surface area (Å²) < 4.78 is 11.2. The second kappa shape index (κ2) is 6.73. The van der Waals surface area contributed by atoms with Crippen LogP contribution in [0.4, 0.5) is 0 Å². The van der Waals surface area contributed by atoms with Gasteiger partial charge >= 0.3 is 0 Å². The molecule has 1 saturated heterocycles. The van der Waals surface area contributed by atoms with Crippen molar-refractivity contribution in [2.75, 3.05) is 39.5 Å². The van der Waals surface area contributed by atoms with Gasteiger partial charge in [0.25, 0.3) is 0 Å². The largest absolute Gasteiger partial charge is 0.492 e. The van der Waals surface area contributed by atoms with Crippen LogP contribution in [-0.2, 0) is 4.74 Å². The van der Waals surface area contributed by atoms with E-state index in [1.807, 2.05) is 18.2 Å². The first-order chi connectivity index (χ1) is 8.79. The maximum absolute atomic E-state index is 5.84. The van der Waals surface area contributed by atoms with E-state index in [-0.39, 0.29) is 6.04 Å². The first-order valence-electron chi connectivity index (χ1n) is 6.51. The van der Waals surface area contributed by atoms with Crippen molar-refractivity contribution in [1.82, 2.24) is 4.90 Å². The van der Waals surface area contributed by atoms with E-state index in [4.69, 9.17) is 15.2 Å². The number of nitrogens with two attached hydrogens (primary N) is 1. The molecule has 1 aromatic rings. The lowest BCUT2D eigenvalue weighted by Gasteiger charge is -2.33. The quantitative estimate of drug-likeness (QED) is 0.848. The Kier molecular flexibility index (Phi) is 4.99. The van der Waals surface area contributed by atoms with Gasteiger partial charge in [0.15, 0.2) is 0 Å². The molecule has 0 radical (unpaired) electrons. The minimum Gasteiger partial charge on any atom is -0.492 e. The highest BCUT2D eigenvalue weighted by molar-refractivity contribution is 5.27. The van der Waals surface area contributed by atoms with E-state index in [2.05, 4.69) is 17.9 Å². The zero-order valence-corrected chi connectivity index (χ0v) is 11.0. The third kappa shape index (κ3) is 3.70. The number of ether oxygens (including phenoxy) is 2. The fourth-order valence-electron chi connectivity index (χ4n) is 2.16. The number of hydrogen-bond donors (Lipinski definition) is 1. The maximum Gasteiger partial charge on any atom is 0.119 e. The van der Waals surface area contributed by atoms with Crippen molar-refractivity contribution in [2.45, 2.75) is 13.0 Å². The van der Waals surface area contributed by atoms with Gasteiger partial charge in [0.1, 0.15) is 12.4 Å². The second-order valence-electron chi connectivity index (χ2n) is 4.67. The van der Waals surface area contributed by atoms with Crippen molar-refractivity contribution in [2.24, 2.45) is 5.73 Å². The smallest absolute Gasteiger partial charge is 0.119 e. The van der Waals surface area contributed by atoms with Gasteiger partial charge in [-0.15, -0.1) is 0 Å². The standard InChI is InChI=1S/C14H22N2O2/c1-12-3-2-4-14(9-12)18-11-13(10-15)16-5-7-17-8-6-16/h2-4,9,13H,5-8,10-11,15H2,1H3. The molecule has 1 atom stereocenters. The van der Waals surface area contributed by atoms with Gasteiger partial charge in [-0.2, -0.15) is 0 Å². The second-order valence-corrected chi connectivity index (χ2v) is 4.67. The monoisotopic (exact) mass is 250 g/mol. The van der Waals surface area contributed by atoms with Crippen LogP contribution >= 0.6 is 0 Å². The van der Waals surface area contributed by atoms with Crippen molar-refractivity contribution >= 4 is 0 Å². The number of aryl methyl sites for hydroxylation is 1. The van der Waals surface area contributed by atoms with Crippen LogP contribution in [0.15, 0.2) is 24.3 Å². The predicted molar refractivity (Wildman–Crippen MR) is 71.9 cm³/mol. The SMILES string of the molecule is Cc1cccc(OCC(CN)N2CCOCC2)c1. The number of morpholine rings is 1. The third-order valence-electron chi connectivity index (χ3n) is 3.27. The van der Waals surface area contributed by atoms with E-state index in [9.17, 15) is 0 Å². The third-order valence-corrected chi connectivity index (χ3v) is 3.27. The number of nitrogens with zero attached hydrogens (tertiary/aromatic N) is 1. The Morgan fingerprint density at radius 3 is 2.83 bits per heavy atom. The van der Waals surface area contributed by atoms with Crippen LogP contribution in [0.5, 0.6) is 5.75 Å². The molecular formula is C14H22N2O2. The molecule has 0 bridgehead atoms. The van der Waals surface area contributed by atoms with Crippen LogP contribution in [-0.4, -0.2) is 50.4 Å². The molecule has 4 nitrogen and oxygen atoms in total. The molecule has 1 aliphatic rings. The number of benzene rings is 1. The molecule has 0 aromatic heterocycles. The Labute approximate surface area is 109 Å². The summed E-state index contributed by atoms with van der Waals surface area (Å²) in [6.45, 7) is 6.79. The fourth-order valence-corrected chi connectivity index (χ4v) is 2.16. The molecular weight excluding hydrogens is 228 g/mol. The highest BCUT2D eigenvalue weighted by atomic mass is 16.5. The summed E-state index contributed by atoms with van der Waals surface area (Å²) in [5.41, 5.74) is 7.05. The van der Waals surface area contributed by atoms with Crippen LogP contribution in [0.2, 0.25) is 0 Å². The summed E-state index contributed by atoms with van der Waals surface area (Å²) in [5.74, 6) is 0.918. The molecule has 1 fully saturated rings. The van der Waals surface area contributed by atoms with E-state index in [1.165, 1.54) is 5.56 Å². The molecule has 1 aromatic carbocycles. The lowest BCUT2D eigenvalue weighted by atomic mass is 10.2. The zero-order valence-electron chi connectivity index (χ0n) is 11.0. The van der Waals surface area contributed by atoms with Gasteiger partial charge < -0.3 is 15.2 Å². The van der Waals surface area contributed by atoms with Crippen LogP contribution < -0.4 is 10.5 Å². The zero-order chi connectivity index (χ0) is 12.8. The van der Waals surface area contributed by atoms with Gasteiger partial charge in [0.2, 0.25) is 0 Å². The molecule has 4 heteroatoms. The topological polar surface area (TPSA) is 47.7 Å². The van der Waals surface area contributed by atoms with Crippen molar-refractivity contribution < 1.29 is 9.47 Å². The first kappa shape index (κ1) is 13.3. The summed E-state index contributed by atoms with van der Waals surface area (Å²) in [5, 5.41) is 0. The summed E-state index contributed by atoms with van der Waals surface area (Å²) in [6, 6.07) is 8.38. The van der Waals surface area contributed by atoms with Crippen molar-refractivity contribution in [3.8, 4) is 5.75 Å². The van der Waals surface area contributed by atoms with Crippen molar-refractivity contribution in [1.29, 1.82) is 0 Å². The Bertz CT molecular complexity index is 365. The molecule has 1 aliphatic heterocycles. The lowest BCUT2D eigenvalue weighted by molar-refractivity contribution is 0.00824. The molecule has 1 unspecified atom stereocenters. The van der Waals surface area contributed by atoms with Gasteiger partial charge in [-0.3, -0.25) is 4.90 Å². The highest BCUT2D eigenvalue weighted by Crippen LogP contribution is 2.13. The summed E-state index contributed by atoms with van der Waals surface area (Å²) in [4.78, 5) is 2.35. The van der Waals surface area contributed by atoms with E-state index in [0.29, 0.717) is 13.2 Å². The Morgan fingerprint density at radius 2 is 2.17 bits per heavy atom. The molecule has 1 heterocycles. The minimum absolute atomic E-state index is 0.273. The normalized spacial score (nSPS) is 18.6.